The Hall–Kier alpha value is 1.03. The molecule has 0 radical (unpaired) electrons. The van der Waals surface area contributed by atoms with Crippen LogP contribution in [0.5, 0.6) is 0 Å². The van der Waals surface area contributed by atoms with Crippen LogP contribution in [0.25, 0.3) is 0 Å². The molecule has 0 bridgehead atoms. The zero-order valence-electron chi connectivity index (χ0n) is 15.5. The molecule has 0 atom stereocenters. The normalized spacial score (nSPS) is 10.3. The number of thiocarbonyl (C=S) groups is 1. The summed E-state index contributed by atoms with van der Waals surface area (Å²) < 4.78 is 11.6. The first-order valence-electron chi connectivity index (χ1n) is 8.83. The average Bonchev–Trinajstić information content (AvgIpc) is 2.50. The third-order valence-electron chi connectivity index (χ3n) is 3.56. The van der Waals surface area contributed by atoms with E-state index >= 15 is 0 Å². The Morgan fingerprint density at radius 3 is 1.96 bits per heavy atom. The van der Waals surface area contributed by atoms with Gasteiger partial charge in [-0.05, 0) is 12.8 Å². The molecule has 0 spiro atoms. The van der Waals surface area contributed by atoms with Crippen molar-refractivity contribution in [2.24, 2.45) is 0 Å². The summed E-state index contributed by atoms with van der Waals surface area (Å²) in [6.45, 7) is 9.00. The van der Waals surface area contributed by atoms with E-state index in [0.29, 0.717) is 24.1 Å². The van der Waals surface area contributed by atoms with Crippen LogP contribution in [0.15, 0.2) is 0 Å². The fourth-order valence-electron chi connectivity index (χ4n) is 2.12. The summed E-state index contributed by atoms with van der Waals surface area (Å²) in [6, 6.07) is 0. The number of hydrogen-bond acceptors (Lipinski definition) is 4. The van der Waals surface area contributed by atoms with Crippen molar-refractivity contribution in [1.29, 1.82) is 0 Å². The second kappa shape index (κ2) is 21.1. The van der Waals surface area contributed by atoms with Crippen LogP contribution < -0.4 is 29.6 Å². The standard InChI is InChI=1S/C17H35NO2S2.Na/c1-3-5-7-8-9-10-11-18(17(21)22)12-14-20-16-15-19-13-6-4-2;/h3-16H2,1-2H3,(H,21,22);/q;+1/p-1. The molecule has 132 valence electrons. The van der Waals surface area contributed by atoms with Crippen LogP contribution in [0.3, 0.4) is 0 Å². The van der Waals surface area contributed by atoms with E-state index in [0.717, 1.165) is 26.1 Å². The predicted octanol–water partition coefficient (Wildman–Crippen LogP) is 1.32. The van der Waals surface area contributed by atoms with Crippen LogP contribution in [-0.4, -0.2) is 48.7 Å². The van der Waals surface area contributed by atoms with Gasteiger partial charge in [-0.2, -0.15) is 0 Å². The summed E-state index contributed by atoms with van der Waals surface area (Å²) in [4.78, 5) is 2.09. The molecule has 0 fully saturated rings. The van der Waals surface area contributed by atoms with E-state index in [1.807, 2.05) is 0 Å². The van der Waals surface area contributed by atoms with Crippen LogP contribution in [0.2, 0.25) is 0 Å². The van der Waals surface area contributed by atoms with Crippen LogP contribution in [0, 0.1) is 0 Å². The molecule has 0 aromatic rings. The number of unbranched alkanes of at least 4 members (excludes halogenated alkanes) is 6. The van der Waals surface area contributed by atoms with E-state index in [1.54, 1.807) is 0 Å². The average molecular weight is 372 g/mol. The molecule has 0 rings (SSSR count). The summed E-state index contributed by atoms with van der Waals surface area (Å²) in [5, 5.41) is 0. The Morgan fingerprint density at radius 2 is 1.35 bits per heavy atom. The van der Waals surface area contributed by atoms with Crippen molar-refractivity contribution in [2.75, 3.05) is 39.5 Å². The molecule has 0 aliphatic heterocycles. The van der Waals surface area contributed by atoms with Gasteiger partial charge in [0.1, 0.15) is 0 Å². The molecule has 0 saturated heterocycles. The van der Waals surface area contributed by atoms with Crippen LogP contribution in [-0.2, 0) is 22.1 Å². The molecule has 0 unspecified atom stereocenters. The maximum atomic E-state index is 5.58. The molecule has 0 aliphatic carbocycles. The number of rotatable bonds is 16. The van der Waals surface area contributed by atoms with Gasteiger partial charge in [-0.3, -0.25) is 0 Å². The third-order valence-corrected chi connectivity index (χ3v) is 4.08. The van der Waals surface area contributed by atoms with Gasteiger partial charge in [0.05, 0.1) is 19.8 Å². The van der Waals surface area contributed by atoms with E-state index in [4.69, 9.17) is 34.3 Å². The molecule has 0 N–H and O–H groups in total. The quantitative estimate of drug-likeness (QED) is 0.176. The second-order valence-corrected chi connectivity index (χ2v) is 6.63. The number of ether oxygens (including phenoxy) is 2. The van der Waals surface area contributed by atoms with Crippen molar-refractivity contribution in [2.45, 2.75) is 65.2 Å². The second-order valence-electron chi connectivity index (χ2n) is 5.60. The predicted molar refractivity (Wildman–Crippen MR) is 101 cm³/mol. The first-order chi connectivity index (χ1) is 10.7. The molecule has 23 heavy (non-hydrogen) atoms. The van der Waals surface area contributed by atoms with Crippen LogP contribution in [0.1, 0.15) is 65.2 Å². The molecular formula is C17H34NNaO2S2. The van der Waals surface area contributed by atoms with Crippen molar-refractivity contribution < 1.29 is 39.0 Å². The molecule has 0 aromatic heterocycles. The molecule has 3 nitrogen and oxygen atoms in total. The summed E-state index contributed by atoms with van der Waals surface area (Å²) >= 11 is 10.3. The Kier molecular flexibility index (Phi) is 24.1. The van der Waals surface area contributed by atoms with Gasteiger partial charge in [0, 0.05) is 19.7 Å². The Bertz CT molecular complexity index is 259. The molecule has 0 saturated carbocycles. The van der Waals surface area contributed by atoms with Crippen LogP contribution in [0.4, 0.5) is 0 Å². The zero-order valence-corrected chi connectivity index (χ0v) is 19.1. The first kappa shape index (κ1) is 26.3. The van der Waals surface area contributed by atoms with Crippen molar-refractivity contribution >= 4 is 29.2 Å². The molecular weight excluding hydrogens is 337 g/mol. The summed E-state index contributed by atoms with van der Waals surface area (Å²) in [5.41, 5.74) is 0. The molecule has 6 heteroatoms. The van der Waals surface area contributed by atoms with Gasteiger partial charge < -0.3 is 39.2 Å². The number of nitrogens with zero attached hydrogens (tertiary/aromatic N) is 1. The Morgan fingerprint density at radius 1 is 0.783 bits per heavy atom. The van der Waals surface area contributed by atoms with Gasteiger partial charge in [0.25, 0.3) is 0 Å². The van der Waals surface area contributed by atoms with Crippen molar-refractivity contribution in [3.8, 4) is 0 Å². The molecule has 0 heterocycles. The Labute approximate surface area is 176 Å². The van der Waals surface area contributed by atoms with E-state index in [9.17, 15) is 0 Å². The van der Waals surface area contributed by atoms with E-state index in [1.165, 1.54) is 44.9 Å². The summed E-state index contributed by atoms with van der Waals surface area (Å²) in [7, 11) is 0. The Balaban J connectivity index is 0. The first-order valence-corrected chi connectivity index (χ1v) is 9.65. The minimum Gasteiger partial charge on any atom is -0.411 e. The van der Waals surface area contributed by atoms with E-state index in [2.05, 4.69) is 18.7 Å². The minimum atomic E-state index is 0. The third kappa shape index (κ3) is 19.2. The smallest absolute Gasteiger partial charge is 0.411 e. The molecule has 0 aromatic carbocycles. The van der Waals surface area contributed by atoms with E-state index < -0.39 is 0 Å². The zero-order chi connectivity index (χ0) is 16.5. The van der Waals surface area contributed by atoms with Gasteiger partial charge >= 0.3 is 29.6 Å². The monoisotopic (exact) mass is 371 g/mol. The van der Waals surface area contributed by atoms with Gasteiger partial charge in [-0.1, -0.05) is 56.7 Å². The largest absolute Gasteiger partial charge is 1.00 e. The van der Waals surface area contributed by atoms with Gasteiger partial charge in [-0.25, -0.2) is 0 Å². The van der Waals surface area contributed by atoms with Crippen LogP contribution >= 0.6 is 12.2 Å². The fraction of sp³-hybridized carbons (Fsp3) is 0.941. The minimum absolute atomic E-state index is 0. The van der Waals surface area contributed by atoms with E-state index in [-0.39, 0.29) is 29.6 Å². The van der Waals surface area contributed by atoms with Crippen molar-refractivity contribution in [1.82, 2.24) is 4.90 Å². The molecule has 0 aliphatic rings. The van der Waals surface area contributed by atoms with Gasteiger partial charge in [0.15, 0.2) is 0 Å². The summed E-state index contributed by atoms with van der Waals surface area (Å²) in [5.74, 6) is 0. The SMILES string of the molecule is CCCCCCCCN(CCOCCOCCCC)C(=S)[S-].[Na+]. The maximum absolute atomic E-state index is 5.58. The topological polar surface area (TPSA) is 21.7 Å². The maximum Gasteiger partial charge on any atom is 1.00 e. The van der Waals surface area contributed by atoms with Gasteiger partial charge in [0.2, 0.25) is 0 Å². The van der Waals surface area contributed by atoms with Crippen molar-refractivity contribution in [3.05, 3.63) is 0 Å². The van der Waals surface area contributed by atoms with Crippen molar-refractivity contribution in [3.63, 3.8) is 0 Å². The summed E-state index contributed by atoms with van der Waals surface area (Å²) in [6.07, 6.45) is 10.0. The molecule has 0 amide bonds. The van der Waals surface area contributed by atoms with Gasteiger partial charge in [-0.15, -0.1) is 0 Å². The number of hydrogen-bond donors (Lipinski definition) is 0. The fourth-order valence-corrected chi connectivity index (χ4v) is 2.49.